The fourth-order valence-electron chi connectivity index (χ4n) is 2.76. The summed E-state index contributed by atoms with van der Waals surface area (Å²) in [6.07, 6.45) is 1.72. The Morgan fingerprint density at radius 1 is 1.15 bits per heavy atom. The maximum absolute atomic E-state index is 12.9. The first-order chi connectivity index (χ1) is 13.0. The van der Waals surface area contributed by atoms with Crippen molar-refractivity contribution in [3.05, 3.63) is 39.9 Å². The van der Waals surface area contributed by atoms with Crippen molar-refractivity contribution in [1.82, 2.24) is 10.6 Å². The van der Waals surface area contributed by atoms with Crippen molar-refractivity contribution in [1.29, 1.82) is 0 Å². The van der Waals surface area contributed by atoms with Crippen molar-refractivity contribution in [3.8, 4) is 0 Å². The van der Waals surface area contributed by atoms with Gasteiger partial charge in [-0.05, 0) is 35.7 Å². The van der Waals surface area contributed by atoms with Crippen LogP contribution in [0.4, 0.5) is 0 Å². The molecule has 0 radical (unpaired) electrons. The lowest BCUT2D eigenvalue weighted by atomic mass is 10.2. The third-order valence-corrected chi connectivity index (χ3v) is 8.83. The summed E-state index contributed by atoms with van der Waals surface area (Å²) in [5.41, 5.74) is 0. The number of hydrogen-bond acceptors (Lipinski definition) is 7. The van der Waals surface area contributed by atoms with Gasteiger partial charge in [0.05, 0.1) is 6.10 Å². The van der Waals surface area contributed by atoms with E-state index in [-0.39, 0.29) is 23.4 Å². The van der Waals surface area contributed by atoms with E-state index in [9.17, 15) is 18.0 Å². The molecule has 2 N–H and O–H groups in total. The summed E-state index contributed by atoms with van der Waals surface area (Å²) in [5.74, 6) is -1.64. The van der Waals surface area contributed by atoms with Crippen LogP contribution in [0.2, 0.25) is 0 Å². The van der Waals surface area contributed by atoms with Crippen LogP contribution >= 0.6 is 22.7 Å². The van der Waals surface area contributed by atoms with E-state index in [2.05, 4.69) is 10.6 Å². The van der Waals surface area contributed by atoms with Crippen molar-refractivity contribution < 1.29 is 22.7 Å². The first kappa shape index (κ1) is 20.0. The van der Waals surface area contributed by atoms with Gasteiger partial charge < -0.3 is 15.4 Å². The molecule has 1 aliphatic heterocycles. The number of carbonyl (C=O) groups is 2. The Morgan fingerprint density at radius 3 is 2.52 bits per heavy atom. The van der Waals surface area contributed by atoms with Crippen molar-refractivity contribution >= 4 is 44.3 Å². The monoisotopic (exact) mass is 428 g/mol. The molecule has 3 heterocycles. The van der Waals surface area contributed by atoms with Gasteiger partial charge in [-0.2, -0.15) is 0 Å². The molecule has 1 fully saturated rings. The van der Waals surface area contributed by atoms with Crippen molar-refractivity contribution in [2.45, 2.75) is 28.4 Å². The van der Waals surface area contributed by atoms with E-state index in [1.165, 1.54) is 17.4 Å². The van der Waals surface area contributed by atoms with Crippen LogP contribution in [0.3, 0.4) is 0 Å². The SMILES string of the molecule is O=C(NC[C@H]1CCCO1)C(=O)NC[C@@H](c1cccs1)S(=O)(=O)c1cccs1. The maximum atomic E-state index is 12.9. The van der Waals surface area contributed by atoms with Crippen molar-refractivity contribution in [2.24, 2.45) is 0 Å². The van der Waals surface area contributed by atoms with E-state index < -0.39 is 26.9 Å². The second kappa shape index (κ2) is 8.96. The highest BCUT2D eigenvalue weighted by molar-refractivity contribution is 7.93. The molecule has 1 saturated heterocycles. The standard InChI is InChI=1S/C17H20N2O5S3/c20-16(18-10-12-4-1-7-24-12)17(21)19-11-14(13-5-2-8-25-13)27(22,23)15-6-3-9-26-15/h2-3,5-6,8-9,12,14H,1,4,7,10-11H2,(H,18,20)(H,19,21)/t12-,14+/m1/s1. The molecule has 3 rings (SSSR count). The zero-order chi connectivity index (χ0) is 19.3. The van der Waals surface area contributed by atoms with Crippen molar-refractivity contribution in [2.75, 3.05) is 19.7 Å². The molecule has 146 valence electrons. The predicted octanol–water partition coefficient (Wildman–Crippen LogP) is 1.74. The third kappa shape index (κ3) is 4.95. The number of thiophene rings is 2. The lowest BCUT2D eigenvalue weighted by Crippen LogP contribution is -2.44. The molecule has 10 heteroatoms. The molecule has 0 unspecified atom stereocenters. The summed E-state index contributed by atoms with van der Waals surface area (Å²) in [6.45, 7) is 0.761. The van der Waals surface area contributed by atoms with Gasteiger partial charge in [-0.15, -0.1) is 22.7 Å². The minimum Gasteiger partial charge on any atom is -0.376 e. The Labute approximate surface area is 165 Å². The normalized spacial score (nSPS) is 18.1. The zero-order valence-corrected chi connectivity index (χ0v) is 16.9. The maximum Gasteiger partial charge on any atom is 0.309 e. The van der Waals surface area contributed by atoms with Crippen LogP contribution in [-0.4, -0.2) is 46.0 Å². The van der Waals surface area contributed by atoms with Crippen LogP contribution in [0, 0.1) is 0 Å². The number of sulfone groups is 1. The van der Waals surface area contributed by atoms with E-state index in [0.29, 0.717) is 11.5 Å². The molecule has 0 bridgehead atoms. The molecule has 0 aliphatic carbocycles. The highest BCUT2D eigenvalue weighted by Crippen LogP contribution is 2.33. The smallest absolute Gasteiger partial charge is 0.309 e. The molecule has 0 aromatic carbocycles. The first-order valence-electron chi connectivity index (χ1n) is 8.47. The van der Waals surface area contributed by atoms with Gasteiger partial charge >= 0.3 is 11.8 Å². The lowest BCUT2D eigenvalue weighted by Gasteiger charge is -2.16. The molecule has 2 aromatic rings. The molecule has 2 atom stereocenters. The topological polar surface area (TPSA) is 102 Å². The van der Waals surface area contributed by atoms with Crippen LogP contribution in [0.1, 0.15) is 23.0 Å². The van der Waals surface area contributed by atoms with E-state index >= 15 is 0 Å². The number of hydrogen-bond donors (Lipinski definition) is 2. The summed E-state index contributed by atoms with van der Waals surface area (Å²) in [6, 6.07) is 6.67. The Bertz CT molecular complexity index is 857. The summed E-state index contributed by atoms with van der Waals surface area (Å²) < 4.78 is 31.5. The van der Waals surface area contributed by atoms with Gasteiger partial charge in [0.25, 0.3) is 0 Å². The number of nitrogens with one attached hydrogen (secondary N) is 2. The Hall–Kier alpha value is -1.75. The fourth-order valence-corrected chi connectivity index (χ4v) is 6.75. The Kier molecular flexibility index (Phi) is 6.64. The van der Waals surface area contributed by atoms with E-state index in [0.717, 1.165) is 24.2 Å². The molecule has 2 amide bonds. The molecule has 1 aliphatic rings. The largest absolute Gasteiger partial charge is 0.376 e. The second-order valence-corrected chi connectivity index (χ2v) is 10.3. The van der Waals surface area contributed by atoms with Crippen molar-refractivity contribution in [3.63, 3.8) is 0 Å². The molecule has 0 saturated carbocycles. The number of ether oxygens (including phenoxy) is 1. The van der Waals surface area contributed by atoms with Gasteiger partial charge in [-0.3, -0.25) is 9.59 Å². The molecule has 27 heavy (non-hydrogen) atoms. The van der Waals surface area contributed by atoms with Gasteiger partial charge in [0.15, 0.2) is 9.84 Å². The second-order valence-electron chi connectivity index (χ2n) is 6.04. The van der Waals surface area contributed by atoms with Gasteiger partial charge in [0.1, 0.15) is 9.46 Å². The number of amides is 2. The van der Waals surface area contributed by atoms with Gasteiger partial charge in [-0.1, -0.05) is 12.1 Å². The van der Waals surface area contributed by atoms with Gasteiger partial charge in [0, 0.05) is 24.6 Å². The van der Waals surface area contributed by atoms with E-state index in [1.54, 1.807) is 29.0 Å². The lowest BCUT2D eigenvalue weighted by molar-refractivity contribution is -0.139. The molecule has 7 nitrogen and oxygen atoms in total. The fraction of sp³-hybridized carbons (Fsp3) is 0.412. The van der Waals surface area contributed by atoms with Gasteiger partial charge in [0.2, 0.25) is 0 Å². The van der Waals surface area contributed by atoms with Crippen LogP contribution in [0.5, 0.6) is 0 Å². The minimum absolute atomic E-state index is 0.0696. The average Bonchev–Trinajstić information content (AvgIpc) is 3.42. The molecule has 0 spiro atoms. The van der Waals surface area contributed by atoms with Crippen LogP contribution in [0.25, 0.3) is 0 Å². The average molecular weight is 429 g/mol. The summed E-state index contributed by atoms with van der Waals surface area (Å²) in [5, 5.41) is 7.51. The summed E-state index contributed by atoms with van der Waals surface area (Å²) >= 11 is 2.43. The zero-order valence-electron chi connectivity index (χ0n) is 14.4. The molecular weight excluding hydrogens is 408 g/mol. The Balaban J connectivity index is 1.63. The van der Waals surface area contributed by atoms with E-state index in [1.807, 2.05) is 0 Å². The highest BCUT2D eigenvalue weighted by Gasteiger charge is 2.32. The summed E-state index contributed by atoms with van der Waals surface area (Å²) in [4.78, 5) is 24.7. The van der Waals surface area contributed by atoms with Crippen LogP contribution in [-0.2, 0) is 24.2 Å². The first-order valence-corrected chi connectivity index (χ1v) is 11.8. The van der Waals surface area contributed by atoms with Gasteiger partial charge in [-0.25, -0.2) is 8.42 Å². The number of carbonyl (C=O) groups excluding carboxylic acids is 2. The Morgan fingerprint density at radius 2 is 1.89 bits per heavy atom. The molecular formula is C17H20N2O5S3. The molecule has 2 aromatic heterocycles. The van der Waals surface area contributed by atoms with E-state index in [4.69, 9.17) is 4.74 Å². The quantitative estimate of drug-likeness (QED) is 0.654. The highest BCUT2D eigenvalue weighted by atomic mass is 32.2. The third-order valence-electron chi connectivity index (χ3n) is 4.18. The minimum atomic E-state index is -3.66. The number of rotatable bonds is 7. The predicted molar refractivity (Wildman–Crippen MR) is 104 cm³/mol. The van der Waals surface area contributed by atoms with Crippen LogP contribution < -0.4 is 10.6 Å². The summed E-state index contributed by atoms with van der Waals surface area (Å²) in [7, 11) is -3.66. The van der Waals surface area contributed by atoms with Crippen LogP contribution in [0.15, 0.2) is 39.2 Å².